The second-order valence-corrected chi connectivity index (χ2v) is 4.87. The van der Waals surface area contributed by atoms with Gasteiger partial charge in [-0.1, -0.05) is 13.3 Å². The van der Waals surface area contributed by atoms with Gasteiger partial charge in [-0.05, 0) is 25.2 Å². The molecule has 17 heavy (non-hydrogen) atoms. The first kappa shape index (κ1) is 12.1. The minimum Gasteiger partial charge on any atom is -0.370 e. The molecule has 1 aliphatic carbocycles. The van der Waals surface area contributed by atoms with Gasteiger partial charge in [-0.25, -0.2) is 9.97 Å². The highest BCUT2D eigenvalue weighted by atomic mass is 15.2. The Labute approximate surface area is 103 Å². The molecule has 0 aliphatic heterocycles. The van der Waals surface area contributed by atoms with Gasteiger partial charge in [0.15, 0.2) is 0 Å². The Hall–Kier alpha value is -1.32. The van der Waals surface area contributed by atoms with E-state index < -0.39 is 0 Å². The van der Waals surface area contributed by atoms with E-state index in [0.717, 1.165) is 37.1 Å². The summed E-state index contributed by atoms with van der Waals surface area (Å²) in [6.07, 6.45) is 6.89. The van der Waals surface area contributed by atoms with Gasteiger partial charge in [0.25, 0.3) is 0 Å². The number of aromatic nitrogens is 2. The fourth-order valence-electron chi connectivity index (χ4n) is 2.06. The predicted octanol–water partition coefficient (Wildman–Crippen LogP) is 2.53. The van der Waals surface area contributed by atoms with E-state index in [1.807, 2.05) is 6.07 Å². The SMILES string of the molecule is CCCNc1cc(N(C)CC2CCC2)ncn1. The second kappa shape index (κ2) is 5.84. The van der Waals surface area contributed by atoms with E-state index in [2.05, 4.69) is 34.2 Å². The van der Waals surface area contributed by atoms with E-state index in [9.17, 15) is 0 Å². The van der Waals surface area contributed by atoms with Gasteiger partial charge >= 0.3 is 0 Å². The highest BCUT2D eigenvalue weighted by molar-refractivity contribution is 5.47. The monoisotopic (exact) mass is 234 g/mol. The van der Waals surface area contributed by atoms with Crippen molar-refractivity contribution in [1.82, 2.24) is 9.97 Å². The van der Waals surface area contributed by atoms with Gasteiger partial charge in [-0.3, -0.25) is 0 Å². The first-order chi connectivity index (χ1) is 8.29. The Balaban J connectivity index is 1.93. The first-order valence-electron chi connectivity index (χ1n) is 6.56. The zero-order valence-corrected chi connectivity index (χ0v) is 10.8. The van der Waals surface area contributed by atoms with Crippen molar-refractivity contribution in [3.8, 4) is 0 Å². The van der Waals surface area contributed by atoms with Gasteiger partial charge < -0.3 is 10.2 Å². The Morgan fingerprint density at radius 1 is 1.41 bits per heavy atom. The van der Waals surface area contributed by atoms with Crippen molar-refractivity contribution in [2.75, 3.05) is 30.4 Å². The molecule has 4 nitrogen and oxygen atoms in total. The lowest BCUT2D eigenvalue weighted by Crippen LogP contribution is -2.29. The van der Waals surface area contributed by atoms with E-state index in [-0.39, 0.29) is 0 Å². The lowest BCUT2D eigenvalue weighted by molar-refractivity contribution is 0.321. The predicted molar refractivity (Wildman–Crippen MR) is 71.4 cm³/mol. The van der Waals surface area contributed by atoms with Crippen LogP contribution < -0.4 is 10.2 Å². The second-order valence-electron chi connectivity index (χ2n) is 4.87. The average Bonchev–Trinajstić information content (AvgIpc) is 2.31. The number of nitrogens with one attached hydrogen (secondary N) is 1. The number of hydrogen-bond donors (Lipinski definition) is 1. The molecule has 4 heteroatoms. The number of anilines is 2. The summed E-state index contributed by atoms with van der Waals surface area (Å²) in [6.45, 7) is 4.23. The molecule has 1 heterocycles. The molecule has 0 bridgehead atoms. The van der Waals surface area contributed by atoms with Crippen molar-refractivity contribution in [2.45, 2.75) is 32.6 Å². The quantitative estimate of drug-likeness (QED) is 0.821. The first-order valence-corrected chi connectivity index (χ1v) is 6.56. The standard InChI is InChI=1S/C13H22N4/c1-3-7-14-12-8-13(16-10-15-12)17(2)9-11-5-4-6-11/h8,10-11H,3-7,9H2,1-2H3,(H,14,15,16). The molecule has 2 rings (SSSR count). The van der Waals surface area contributed by atoms with Gasteiger partial charge in [-0.15, -0.1) is 0 Å². The third kappa shape index (κ3) is 3.32. The Bertz CT molecular complexity index is 349. The van der Waals surface area contributed by atoms with Crippen LogP contribution in [0.3, 0.4) is 0 Å². The van der Waals surface area contributed by atoms with Crippen molar-refractivity contribution in [2.24, 2.45) is 5.92 Å². The number of hydrogen-bond acceptors (Lipinski definition) is 4. The Morgan fingerprint density at radius 2 is 2.24 bits per heavy atom. The molecule has 0 spiro atoms. The molecule has 1 fully saturated rings. The fourth-order valence-corrected chi connectivity index (χ4v) is 2.06. The summed E-state index contributed by atoms with van der Waals surface area (Å²) in [5, 5.41) is 3.29. The zero-order valence-electron chi connectivity index (χ0n) is 10.8. The maximum Gasteiger partial charge on any atom is 0.133 e. The van der Waals surface area contributed by atoms with Crippen molar-refractivity contribution >= 4 is 11.6 Å². The van der Waals surface area contributed by atoms with E-state index in [1.54, 1.807) is 6.33 Å². The highest BCUT2D eigenvalue weighted by Crippen LogP contribution is 2.28. The van der Waals surface area contributed by atoms with Crippen molar-refractivity contribution in [1.29, 1.82) is 0 Å². The maximum atomic E-state index is 4.33. The normalized spacial score (nSPS) is 15.4. The molecule has 0 atom stereocenters. The van der Waals surface area contributed by atoms with Crippen LogP contribution in [0, 0.1) is 5.92 Å². The molecular weight excluding hydrogens is 212 g/mol. The highest BCUT2D eigenvalue weighted by Gasteiger charge is 2.19. The van der Waals surface area contributed by atoms with Gasteiger partial charge in [0.1, 0.15) is 18.0 Å². The molecule has 1 saturated carbocycles. The van der Waals surface area contributed by atoms with Crippen molar-refractivity contribution < 1.29 is 0 Å². The molecule has 1 aromatic rings. The largest absolute Gasteiger partial charge is 0.370 e. The van der Waals surface area contributed by atoms with Crippen LogP contribution >= 0.6 is 0 Å². The van der Waals surface area contributed by atoms with Crippen molar-refractivity contribution in [3.05, 3.63) is 12.4 Å². The third-order valence-corrected chi connectivity index (χ3v) is 3.36. The van der Waals surface area contributed by atoms with E-state index in [4.69, 9.17) is 0 Å². The molecule has 0 aromatic carbocycles. The van der Waals surface area contributed by atoms with Crippen LogP contribution in [0.2, 0.25) is 0 Å². The zero-order chi connectivity index (χ0) is 12.1. The van der Waals surface area contributed by atoms with Crippen LogP contribution in [0.4, 0.5) is 11.6 Å². The van der Waals surface area contributed by atoms with Crippen LogP contribution in [0.1, 0.15) is 32.6 Å². The van der Waals surface area contributed by atoms with Crippen molar-refractivity contribution in [3.63, 3.8) is 0 Å². The van der Waals surface area contributed by atoms with E-state index in [1.165, 1.54) is 19.3 Å². The summed E-state index contributed by atoms with van der Waals surface area (Å²) in [4.78, 5) is 10.8. The Morgan fingerprint density at radius 3 is 2.88 bits per heavy atom. The van der Waals surface area contributed by atoms with Gasteiger partial charge in [-0.2, -0.15) is 0 Å². The van der Waals surface area contributed by atoms with Gasteiger partial charge in [0.2, 0.25) is 0 Å². The van der Waals surface area contributed by atoms with Crippen LogP contribution in [-0.4, -0.2) is 30.1 Å². The average molecular weight is 234 g/mol. The lowest BCUT2D eigenvalue weighted by Gasteiger charge is -2.30. The molecule has 1 N–H and O–H groups in total. The molecule has 1 aliphatic rings. The molecule has 0 radical (unpaired) electrons. The van der Waals surface area contributed by atoms with E-state index >= 15 is 0 Å². The molecule has 0 saturated heterocycles. The lowest BCUT2D eigenvalue weighted by atomic mass is 9.85. The van der Waals surface area contributed by atoms with Gasteiger partial charge in [0.05, 0.1) is 0 Å². The molecule has 1 aromatic heterocycles. The summed E-state index contributed by atoms with van der Waals surface area (Å²) in [5.74, 6) is 2.81. The number of nitrogens with zero attached hydrogens (tertiary/aromatic N) is 3. The molecule has 0 amide bonds. The minimum absolute atomic E-state index is 0.863. The summed E-state index contributed by atoms with van der Waals surface area (Å²) in [7, 11) is 2.12. The summed E-state index contributed by atoms with van der Waals surface area (Å²) >= 11 is 0. The van der Waals surface area contributed by atoms with Crippen LogP contribution in [0.5, 0.6) is 0 Å². The fraction of sp³-hybridized carbons (Fsp3) is 0.692. The Kier molecular flexibility index (Phi) is 4.18. The third-order valence-electron chi connectivity index (χ3n) is 3.36. The maximum absolute atomic E-state index is 4.33. The minimum atomic E-state index is 0.863. The summed E-state index contributed by atoms with van der Waals surface area (Å²) in [5.41, 5.74) is 0. The number of rotatable bonds is 6. The van der Waals surface area contributed by atoms with Crippen LogP contribution in [-0.2, 0) is 0 Å². The van der Waals surface area contributed by atoms with Gasteiger partial charge in [0, 0.05) is 26.2 Å². The molecular formula is C13H22N4. The molecule has 94 valence electrons. The topological polar surface area (TPSA) is 41.0 Å². The summed E-state index contributed by atoms with van der Waals surface area (Å²) in [6, 6.07) is 2.04. The smallest absolute Gasteiger partial charge is 0.133 e. The van der Waals surface area contributed by atoms with Crippen LogP contribution in [0.15, 0.2) is 12.4 Å². The van der Waals surface area contributed by atoms with Crippen LogP contribution in [0.25, 0.3) is 0 Å². The molecule has 0 unspecified atom stereocenters. The van der Waals surface area contributed by atoms with E-state index in [0.29, 0.717) is 0 Å². The summed E-state index contributed by atoms with van der Waals surface area (Å²) < 4.78 is 0.